The number of hydrogen-bond donors (Lipinski definition) is 0. The van der Waals surface area contributed by atoms with Crippen LogP contribution in [0.15, 0.2) is 0 Å². The maximum atomic E-state index is 6.33. The lowest BCUT2D eigenvalue weighted by molar-refractivity contribution is -0.116. The number of hydrogen-bond acceptors (Lipinski definition) is 4. The molecule has 25 heavy (non-hydrogen) atoms. The second kappa shape index (κ2) is 9.16. The van der Waals surface area contributed by atoms with Crippen LogP contribution in [0.5, 0.6) is 0 Å². The van der Waals surface area contributed by atoms with Gasteiger partial charge in [-0.25, -0.2) is 0 Å². The fraction of sp³-hybridized carbons (Fsp3) is 1.00. The van der Waals surface area contributed by atoms with E-state index in [9.17, 15) is 0 Å². The van der Waals surface area contributed by atoms with E-state index in [4.69, 9.17) is 9.47 Å². The Hall–Kier alpha value is -0.160. The minimum Gasteiger partial charge on any atom is -0.378 e. The van der Waals surface area contributed by atoms with Gasteiger partial charge in [0.05, 0.1) is 18.3 Å². The molecule has 0 bridgehead atoms. The Morgan fingerprint density at radius 2 is 1.20 bits per heavy atom. The van der Waals surface area contributed by atoms with Crippen LogP contribution in [0.1, 0.15) is 66.2 Å². The monoisotopic (exact) mass is 352 g/mol. The first-order valence-electron chi connectivity index (χ1n) is 10.8. The molecule has 0 radical (unpaired) electrons. The van der Waals surface area contributed by atoms with Gasteiger partial charge in [-0.05, 0) is 72.1 Å². The maximum Gasteiger partial charge on any atom is 0.0603 e. The Morgan fingerprint density at radius 3 is 1.68 bits per heavy atom. The van der Waals surface area contributed by atoms with Crippen LogP contribution in [-0.2, 0) is 9.47 Å². The van der Waals surface area contributed by atoms with Crippen LogP contribution in [0, 0.1) is 5.92 Å². The van der Waals surface area contributed by atoms with Gasteiger partial charge in [0.2, 0.25) is 0 Å². The van der Waals surface area contributed by atoms with E-state index in [0.717, 1.165) is 12.5 Å². The third kappa shape index (κ3) is 5.66. The molecule has 0 N–H and O–H groups in total. The molecule has 0 aromatic heterocycles. The van der Waals surface area contributed by atoms with Gasteiger partial charge in [-0.1, -0.05) is 0 Å². The van der Waals surface area contributed by atoms with Gasteiger partial charge in [-0.2, -0.15) is 0 Å². The molecular weight excluding hydrogens is 312 g/mol. The first-order valence-corrected chi connectivity index (χ1v) is 10.8. The zero-order valence-corrected chi connectivity index (χ0v) is 17.0. The molecule has 0 spiro atoms. The summed E-state index contributed by atoms with van der Waals surface area (Å²) in [6.07, 6.45) is 8.78. The predicted octanol–water partition coefficient (Wildman–Crippen LogP) is 3.54. The molecule has 4 nitrogen and oxygen atoms in total. The molecule has 146 valence electrons. The van der Waals surface area contributed by atoms with Gasteiger partial charge < -0.3 is 19.3 Å². The van der Waals surface area contributed by atoms with E-state index in [1.807, 2.05) is 0 Å². The van der Waals surface area contributed by atoms with E-state index in [1.54, 1.807) is 0 Å². The van der Waals surface area contributed by atoms with E-state index >= 15 is 0 Å². The third-order valence-corrected chi connectivity index (χ3v) is 6.56. The number of piperidine rings is 2. The summed E-state index contributed by atoms with van der Waals surface area (Å²) in [4.78, 5) is 5.14. The molecule has 2 aliphatic heterocycles. The smallest absolute Gasteiger partial charge is 0.0603 e. The second-order valence-corrected chi connectivity index (χ2v) is 9.09. The summed E-state index contributed by atoms with van der Waals surface area (Å²) in [5.41, 5.74) is 0. The number of nitrogens with zero attached hydrogens (tertiary/aromatic N) is 2. The topological polar surface area (TPSA) is 24.9 Å². The molecule has 1 aliphatic carbocycles. The highest BCUT2D eigenvalue weighted by Gasteiger charge is 2.34. The maximum absolute atomic E-state index is 6.33. The molecule has 3 fully saturated rings. The van der Waals surface area contributed by atoms with Crippen LogP contribution in [0.2, 0.25) is 0 Å². The van der Waals surface area contributed by atoms with Gasteiger partial charge in [0, 0.05) is 44.9 Å². The van der Waals surface area contributed by atoms with Gasteiger partial charge in [0.25, 0.3) is 0 Å². The number of likely N-dealkylation sites (tertiary alicyclic amines) is 2. The van der Waals surface area contributed by atoms with Crippen molar-refractivity contribution in [2.24, 2.45) is 5.92 Å². The average molecular weight is 353 g/mol. The van der Waals surface area contributed by atoms with Crippen molar-refractivity contribution < 1.29 is 9.47 Å². The van der Waals surface area contributed by atoms with Crippen molar-refractivity contribution in [3.8, 4) is 0 Å². The molecule has 0 atom stereocenters. The minimum absolute atomic E-state index is 0.496. The van der Waals surface area contributed by atoms with Gasteiger partial charge in [-0.3, -0.25) is 0 Å². The first kappa shape index (κ1) is 19.6. The Balaban J connectivity index is 1.23. The second-order valence-electron chi connectivity index (χ2n) is 9.09. The highest BCUT2D eigenvalue weighted by Crippen LogP contribution is 2.33. The molecule has 1 saturated carbocycles. The molecule has 2 heterocycles. The number of ether oxygens (including phenoxy) is 2. The summed E-state index contributed by atoms with van der Waals surface area (Å²) in [7, 11) is 0. The van der Waals surface area contributed by atoms with Crippen molar-refractivity contribution in [2.45, 2.75) is 96.6 Å². The van der Waals surface area contributed by atoms with E-state index in [-0.39, 0.29) is 0 Å². The van der Waals surface area contributed by atoms with Crippen molar-refractivity contribution in [3.05, 3.63) is 0 Å². The molecule has 3 aliphatic rings. The SMILES string of the molecule is CC(C)N1CCC(OCC2CC(OC3CCN(C(C)C)CC3)C2)CC1. The fourth-order valence-electron chi connectivity index (χ4n) is 4.55. The Morgan fingerprint density at radius 1 is 0.720 bits per heavy atom. The van der Waals surface area contributed by atoms with Gasteiger partial charge in [0.1, 0.15) is 0 Å². The molecule has 2 saturated heterocycles. The summed E-state index contributed by atoms with van der Waals surface area (Å²) in [6.45, 7) is 15.0. The standard InChI is InChI=1S/C21H40N2O2/c1-16(2)22-9-5-19(6-10-22)24-15-18-13-21(14-18)25-20-7-11-23(12-8-20)17(3)4/h16-21H,5-15H2,1-4H3. The van der Waals surface area contributed by atoms with Crippen LogP contribution < -0.4 is 0 Å². The van der Waals surface area contributed by atoms with Crippen molar-refractivity contribution in [2.75, 3.05) is 32.8 Å². The summed E-state index contributed by atoms with van der Waals surface area (Å²) in [6, 6.07) is 1.36. The largest absolute Gasteiger partial charge is 0.378 e. The summed E-state index contributed by atoms with van der Waals surface area (Å²) < 4.78 is 12.5. The summed E-state index contributed by atoms with van der Waals surface area (Å²) in [5.74, 6) is 0.740. The lowest BCUT2D eigenvalue weighted by atomic mass is 9.82. The van der Waals surface area contributed by atoms with Crippen LogP contribution in [0.3, 0.4) is 0 Å². The van der Waals surface area contributed by atoms with Gasteiger partial charge >= 0.3 is 0 Å². The third-order valence-electron chi connectivity index (χ3n) is 6.56. The zero-order chi connectivity index (χ0) is 17.8. The first-order chi connectivity index (χ1) is 12.0. The normalized spacial score (nSPS) is 31.0. The molecule has 0 aromatic rings. The quantitative estimate of drug-likeness (QED) is 0.700. The van der Waals surface area contributed by atoms with Gasteiger partial charge in [-0.15, -0.1) is 0 Å². The Labute approximate surface area is 155 Å². The highest BCUT2D eigenvalue weighted by atomic mass is 16.5. The average Bonchev–Trinajstić information content (AvgIpc) is 2.57. The molecule has 3 rings (SSSR count). The van der Waals surface area contributed by atoms with Crippen LogP contribution in [0.25, 0.3) is 0 Å². The van der Waals surface area contributed by atoms with Gasteiger partial charge in [0.15, 0.2) is 0 Å². The molecule has 0 aromatic carbocycles. The zero-order valence-electron chi connectivity index (χ0n) is 17.0. The van der Waals surface area contributed by atoms with Crippen LogP contribution in [-0.4, -0.2) is 73.0 Å². The van der Waals surface area contributed by atoms with E-state index in [2.05, 4.69) is 37.5 Å². The van der Waals surface area contributed by atoms with Crippen molar-refractivity contribution in [1.82, 2.24) is 9.80 Å². The predicted molar refractivity (Wildman–Crippen MR) is 103 cm³/mol. The molecular formula is C21H40N2O2. The summed E-state index contributed by atoms with van der Waals surface area (Å²) in [5, 5.41) is 0. The molecule has 0 unspecified atom stereocenters. The highest BCUT2D eigenvalue weighted by molar-refractivity contribution is 4.84. The Bertz CT molecular complexity index is 379. The fourth-order valence-corrected chi connectivity index (χ4v) is 4.55. The van der Waals surface area contributed by atoms with Crippen molar-refractivity contribution >= 4 is 0 Å². The van der Waals surface area contributed by atoms with Crippen LogP contribution >= 0.6 is 0 Å². The summed E-state index contributed by atoms with van der Waals surface area (Å²) >= 11 is 0. The van der Waals surface area contributed by atoms with E-state index < -0.39 is 0 Å². The Kier molecular flexibility index (Phi) is 7.18. The lowest BCUT2D eigenvalue weighted by Crippen LogP contribution is -2.44. The van der Waals surface area contributed by atoms with E-state index in [0.29, 0.717) is 30.4 Å². The van der Waals surface area contributed by atoms with Crippen LogP contribution in [0.4, 0.5) is 0 Å². The minimum atomic E-state index is 0.496. The lowest BCUT2D eigenvalue weighted by Gasteiger charge is -2.41. The number of rotatable bonds is 7. The van der Waals surface area contributed by atoms with E-state index in [1.165, 1.54) is 64.7 Å². The van der Waals surface area contributed by atoms with Crippen molar-refractivity contribution in [1.29, 1.82) is 0 Å². The molecule has 0 amide bonds. The van der Waals surface area contributed by atoms with Crippen molar-refractivity contribution in [3.63, 3.8) is 0 Å². The molecule has 4 heteroatoms.